The third-order valence-corrected chi connectivity index (χ3v) is 1.31. The van der Waals surface area contributed by atoms with Gasteiger partial charge in [-0.2, -0.15) is 0 Å². The van der Waals surface area contributed by atoms with E-state index in [9.17, 15) is 4.79 Å². The van der Waals surface area contributed by atoms with Gasteiger partial charge in [0, 0.05) is 11.6 Å². The molecule has 0 aromatic carbocycles. The van der Waals surface area contributed by atoms with Crippen LogP contribution < -0.4 is 0 Å². The first-order chi connectivity index (χ1) is 4.04. The monoisotopic (exact) mass is 150 g/mol. The third-order valence-electron chi connectivity index (χ3n) is 1.22. The van der Waals surface area contributed by atoms with Gasteiger partial charge in [-0.15, -0.1) is 0 Å². The molecule has 3 heteroatoms. The van der Waals surface area contributed by atoms with Crippen molar-refractivity contribution in [3.8, 4) is 0 Å². The maximum atomic E-state index is 10.1. The molecule has 1 atom stereocenters. The maximum absolute atomic E-state index is 10.1. The summed E-state index contributed by atoms with van der Waals surface area (Å²) >= 11 is 4.96. The second kappa shape index (κ2) is 3.72. The lowest BCUT2D eigenvalue weighted by molar-refractivity contribution is 0.104. The molecule has 0 aliphatic carbocycles. The first-order valence-corrected chi connectivity index (χ1v) is 3.28. The Hall–Kier alpha value is -0.240. The lowest BCUT2D eigenvalue weighted by atomic mass is 10.1. The van der Waals surface area contributed by atoms with Crippen molar-refractivity contribution in [3.63, 3.8) is 0 Å². The van der Waals surface area contributed by atoms with Crippen LogP contribution in [0.4, 0.5) is 4.79 Å². The van der Waals surface area contributed by atoms with Gasteiger partial charge in [-0.25, -0.2) is 4.79 Å². The highest BCUT2D eigenvalue weighted by atomic mass is 35.5. The van der Waals surface area contributed by atoms with E-state index < -0.39 is 5.43 Å². The molecule has 0 saturated heterocycles. The van der Waals surface area contributed by atoms with Gasteiger partial charge in [0.05, 0.1) is 0 Å². The minimum atomic E-state index is -0.726. The predicted octanol–water partition coefficient (Wildman–Crippen LogP) is 2.41. The number of ether oxygens (including phenoxy) is 1. The van der Waals surface area contributed by atoms with Crippen molar-refractivity contribution in [3.05, 3.63) is 0 Å². The maximum Gasteiger partial charge on any atom is 0.404 e. The molecule has 9 heavy (non-hydrogen) atoms. The highest BCUT2D eigenvalue weighted by Crippen LogP contribution is 2.06. The summed E-state index contributed by atoms with van der Waals surface area (Å²) in [5.41, 5.74) is -0.726. The fourth-order valence-electron chi connectivity index (χ4n) is 0.282. The molecule has 0 aromatic rings. The first kappa shape index (κ1) is 8.76. The largest absolute Gasteiger partial charge is 0.450 e. The van der Waals surface area contributed by atoms with Crippen LogP contribution in [0.2, 0.25) is 0 Å². The summed E-state index contributed by atoms with van der Waals surface area (Å²) in [6.07, 6.45) is -0.0880. The summed E-state index contributed by atoms with van der Waals surface area (Å²) in [4.78, 5) is 10.1. The number of carbonyl (C=O) groups is 1. The molecule has 0 aliphatic heterocycles. The molecule has 0 spiro atoms. The minimum Gasteiger partial charge on any atom is -0.450 e. The van der Waals surface area contributed by atoms with Gasteiger partial charge in [-0.3, -0.25) is 0 Å². The standard InChI is InChI=1S/C6H11ClO2/c1-4(2)5(3)9-6(7)8/h4-5H,1-3H3/t5-/m1/s1. The van der Waals surface area contributed by atoms with Crippen molar-refractivity contribution in [2.75, 3.05) is 0 Å². The molecule has 0 radical (unpaired) electrons. The average Bonchev–Trinajstić information content (AvgIpc) is 1.63. The van der Waals surface area contributed by atoms with Gasteiger partial charge in [-0.1, -0.05) is 13.8 Å². The molecule has 0 N–H and O–H groups in total. The topological polar surface area (TPSA) is 26.3 Å². The molecule has 0 rings (SSSR count). The molecular weight excluding hydrogens is 140 g/mol. The van der Waals surface area contributed by atoms with Crippen LogP contribution in [-0.2, 0) is 4.74 Å². The van der Waals surface area contributed by atoms with Gasteiger partial charge in [0.2, 0.25) is 0 Å². The number of hydrogen-bond acceptors (Lipinski definition) is 2. The van der Waals surface area contributed by atoms with Crippen molar-refractivity contribution < 1.29 is 9.53 Å². The molecule has 0 saturated carbocycles. The fourth-order valence-corrected chi connectivity index (χ4v) is 0.423. The van der Waals surface area contributed by atoms with Crippen molar-refractivity contribution in [1.29, 1.82) is 0 Å². The van der Waals surface area contributed by atoms with Gasteiger partial charge in [0.15, 0.2) is 0 Å². The average molecular weight is 151 g/mol. The van der Waals surface area contributed by atoms with E-state index in [-0.39, 0.29) is 6.10 Å². The van der Waals surface area contributed by atoms with E-state index in [1.54, 1.807) is 0 Å². The normalized spacial score (nSPS) is 13.4. The molecule has 0 aliphatic rings. The van der Waals surface area contributed by atoms with Gasteiger partial charge in [-0.05, 0) is 12.8 Å². The Bertz CT molecular complexity index is 101. The summed E-state index contributed by atoms with van der Waals surface area (Å²) in [7, 11) is 0. The van der Waals surface area contributed by atoms with Crippen molar-refractivity contribution in [1.82, 2.24) is 0 Å². The van der Waals surface area contributed by atoms with E-state index in [0.717, 1.165) is 0 Å². The molecular formula is C6H11ClO2. The van der Waals surface area contributed by atoms with Crippen LogP contribution in [0.1, 0.15) is 20.8 Å². The first-order valence-electron chi connectivity index (χ1n) is 2.90. The van der Waals surface area contributed by atoms with E-state index in [1.807, 2.05) is 20.8 Å². The Labute approximate surface area is 60.1 Å². The quantitative estimate of drug-likeness (QED) is 0.565. The number of carbonyl (C=O) groups excluding carboxylic acids is 1. The highest BCUT2D eigenvalue weighted by Gasteiger charge is 2.09. The zero-order chi connectivity index (χ0) is 7.44. The Kier molecular flexibility index (Phi) is 3.62. The van der Waals surface area contributed by atoms with E-state index in [4.69, 9.17) is 11.6 Å². The summed E-state index contributed by atoms with van der Waals surface area (Å²) in [5, 5.41) is 0. The van der Waals surface area contributed by atoms with Crippen LogP contribution in [0.25, 0.3) is 0 Å². The highest BCUT2D eigenvalue weighted by molar-refractivity contribution is 6.61. The van der Waals surface area contributed by atoms with Gasteiger partial charge in [0.25, 0.3) is 0 Å². The van der Waals surface area contributed by atoms with Crippen molar-refractivity contribution in [2.24, 2.45) is 5.92 Å². The van der Waals surface area contributed by atoms with E-state index in [1.165, 1.54) is 0 Å². The van der Waals surface area contributed by atoms with Gasteiger partial charge in [0.1, 0.15) is 6.10 Å². The summed E-state index contributed by atoms with van der Waals surface area (Å²) < 4.78 is 4.64. The van der Waals surface area contributed by atoms with Crippen LogP contribution >= 0.6 is 11.6 Å². The number of hydrogen-bond donors (Lipinski definition) is 0. The third kappa shape index (κ3) is 4.28. The SMILES string of the molecule is CC(C)[C@@H](C)OC(=O)Cl. The lowest BCUT2D eigenvalue weighted by Crippen LogP contribution is -2.16. The second-order valence-electron chi connectivity index (χ2n) is 2.30. The molecule has 2 nitrogen and oxygen atoms in total. The molecule has 0 amide bonds. The van der Waals surface area contributed by atoms with Crippen LogP contribution in [0.5, 0.6) is 0 Å². The van der Waals surface area contributed by atoms with E-state index in [0.29, 0.717) is 5.92 Å². The van der Waals surface area contributed by atoms with Crippen molar-refractivity contribution >= 4 is 17.0 Å². The van der Waals surface area contributed by atoms with Crippen LogP contribution in [0.3, 0.4) is 0 Å². The van der Waals surface area contributed by atoms with E-state index >= 15 is 0 Å². The lowest BCUT2D eigenvalue weighted by Gasteiger charge is -2.13. The number of halogens is 1. The molecule has 0 unspecified atom stereocenters. The Morgan fingerprint density at radius 2 is 1.89 bits per heavy atom. The van der Waals surface area contributed by atoms with Crippen LogP contribution in [0, 0.1) is 5.92 Å². The van der Waals surface area contributed by atoms with Crippen molar-refractivity contribution in [2.45, 2.75) is 26.9 Å². The van der Waals surface area contributed by atoms with Gasteiger partial charge >= 0.3 is 5.43 Å². The van der Waals surface area contributed by atoms with E-state index in [2.05, 4.69) is 4.74 Å². The molecule has 0 bridgehead atoms. The van der Waals surface area contributed by atoms with Crippen LogP contribution in [-0.4, -0.2) is 11.5 Å². The smallest absolute Gasteiger partial charge is 0.404 e. The Morgan fingerprint density at radius 1 is 1.44 bits per heavy atom. The van der Waals surface area contributed by atoms with Gasteiger partial charge < -0.3 is 4.74 Å². The Balaban J connectivity index is 3.50. The molecule has 0 fully saturated rings. The fraction of sp³-hybridized carbons (Fsp3) is 0.833. The molecule has 0 aromatic heterocycles. The summed E-state index contributed by atoms with van der Waals surface area (Å²) in [6, 6.07) is 0. The summed E-state index contributed by atoms with van der Waals surface area (Å²) in [5.74, 6) is 0.327. The van der Waals surface area contributed by atoms with Crippen LogP contribution in [0.15, 0.2) is 0 Å². The zero-order valence-electron chi connectivity index (χ0n) is 5.85. The second-order valence-corrected chi connectivity index (χ2v) is 2.61. The zero-order valence-corrected chi connectivity index (χ0v) is 6.61. The predicted molar refractivity (Wildman–Crippen MR) is 36.6 cm³/mol. The minimum absolute atomic E-state index is 0.0880. The molecule has 0 heterocycles. The summed E-state index contributed by atoms with van der Waals surface area (Å²) in [6.45, 7) is 5.74. The number of rotatable bonds is 2. The Morgan fingerprint density at radius 3 is 2.00 bits per heavy atom. The molecule has 54 valence electrons.